The van der Waals surface area contributed by atoms with Gasteiger partial charge in [0, 0.05) is 22.5 Å². The molecule has 4 heteroatoms. The van der Waals surface area contributed by atoms with E-state index in [0.717, 1.165) is 16.5 Å². The van der Waals surface area contributed by atoms with Gasteiger partial charge in [-0.15, -0.1) is 0 Å². The van der Waals surface area contributed by atoms with Crippen LogP contribution < -0.4 is 10.5 Å². The van der Waals surface area contributed by atoms with Crippen LogP contribution in [0.5, 0.6) is 5.75 Å². The van der Waals surface area contributed by atoms with E-state index in [1.807, 2.05) is 0 Å². The summed E-state index contributed by atoms with van der Waals surface area (Å²) in [4.78, 5) is 0. The minimum Gasteiger partial charge on any atom is -0.490 e. The van der Waals surface area contributed by atoms with Crippen LogP contribution in [0.2, 0.25) is 0 Å². The number of halogens is 2. The fourth-order valence-corrected chi connectivity index (χ4v) is 2.08. The summed E-state index contributed by atoms with van der Waals surface area (Å²) in [7, 11) is 0. The van der Waals surface area contributed by atoms with Crippen molar-refractivity contribution in [1.82, 2.24) is 0 Å². The van der Waals surface area contributed by atoms with Gasteiger partial charge in [-0.1, -0.05) is 15.9 Å². The van der Waals surface area contributed by atoms with Crippen LogP contribution in [0.3, 0.4) is 0 Å². The number of nitrogens with two attached hydrogens (primary N) is 1. The fraction of sp³-hybridized carbons (Fsp3) is 0.333. The largest absolute Gasteiger partial charge is 0.490 e. The van der Waals surface area contributed by atoms with E-state index in [1.54, 1.807) is 6.07 Å². The first kappa shape index (κ1) is 8.97. The van der Waals surface area contributed by atoms with E-state index < -0.39 is 0 Å². The van der Waals surface area contributed by atoms with Crippen molar-refractivity contribution < 1.29 is 9.13 Å². The Bertz CT molecular complexity index is 343. The first-order valence-electron chi connectivity index (χ1n) is 4.06. The highest BCUT2D eigenvalue weighted by Gasteiger charge is 2.23. The van der Waals surface area contributed by atoms with Gasteiger partial charge < -0.3 is 10.5 Å². The van der Waals surface area contributed by atoms with Crippen LogP contribution in [0.1, 0.15) is 18.0 Å². The van der Waals surface area contributed by atoms with E-state index in [1.165, 1.54) is 6.07 Å². The Morgan fingerprint density at radius 2 is 2.31 bits per heavy atom. The first-order chi connectivity index (χ1) is 6.20. The monoisotopic (exact) mass is 245 g/mol. The molecule has 0 aromatic heterocycles. The third-order valence-corrected chi connectivity index (χ3v) is 2.83. The van der Waals surface area contributed by atoms with Crippen molar-refractivity contribution in [2.75, 3.05) is 6.61 Å². The molecular formula is C9H9BrFNO. The molecule has 70 valence electrons. The number of fused-ring (bicyclic) bond motifs is 1. The van der Waals surface area contributed by atoms with Crippen LogP contribution in [0.4, 0.5) is 4.39 Å². The van der Waals surface area contributed by atoms with Crippen LogP contribution in [0.15, 0.2) is 16.6 Å². The molecule has 0 spiro atoms. The maximum Gasteiger partial charge on any atom is 0.165 e. The summed E-state index contributed by atoms with van der Waals surface area (Å²) in [5.74, 6) is -0.0403. The fourth-order valence-electron chi connectivity index (χ4n) is 1.47. The Labute approximate surface area is 84.0 Å². The van der Waals surface area contributed by atoms with Crippen molar-refractivity contribution in [2.24, 2.45) is 5.73 Å². The maximum atomic E-state index is 13.2. The minimum atomic E-state index is -0.339. The molecule has 1 atom stereocenters. The maximum absolute atomic E-state index is 13.2. The average molecular weight is 246 g/mol. The summed E-state index contributed by atoms with van der Waals surface area (Å²) in [6.07, 6.45) is 0.731. The van der Waals surface area contributed by atoms with Gasteiger partial charge in [0.2, 0.25) is 0 Å². The molecule has 0 unspecified atom stereocenters. The first-order valence-corrected chi connectivity index (χ1v) is 4.85. The van der Waals surface area contributed by atoms with E-state index in [4.69, 9.17) is 10.5 Å². The predicted molar refractivity (Wildman–Crippen MR) is 51.1 cm³/mol. The van der Waals surface area contributed by atoms with Crippen LogP contribution in [-0.4, -0.2) is 6.61 Å². The molecule has 2 rings (SSSR count). The second-order valence-electron chi connectivity index (χ2n) is 3.02. The highest BCUT2D eigenvalue weighted by Crippen LogP contribution is 2.37. The molecule has 0 bridgehead atoms. The van der Waals surface area contributed by atoms with Crippen LogP contribution in [0.25, 0.3) is 0 Å². The Morgan fingerprint density at radius 3 is 3.00 bits per heavy atom. The molecule has 2 nitrogen and oxygen atoms in total. The minimum absolute atomic E-state index is 0.131. The molecule has 1 aliphatic rings. The Balaban J connectivity index is 2.60. The highest BCUT2D eigenvalue weighted by molar-refractivity contribution is 9.10. The van der Waals surface area contributed by atoms with Gasteiger partial charge in [0.15, 0.2) is 11.6 Å². The summed E-state index contributed by atoms with van der Waals surface area (Å²) >= 11 is 3.33. The molecule has 0 saturated carbocycles. The van der Waals surface area contributed by atoms with Crippen LogP contribution >= 0.6 is 15.9 Å². The number of ether oxygens (including phenoxy) is 1. The Morgan fingerprint density at radius 1 is 1.54 bits per heavy atom. The van der Waals surface area contributed by atoms with Crippen molar-refractivity contribution in [3.05, 3.63) is 28.0 Å². The third kappa shape index (κ3) is 1.44. The van der Waals surface area contributed by atoms with Gasteiger partial charge in [-0.3, -0.25) is 0 Å². The second kappa shape index (κ2) is 3.27. The lowest BCUT2D eigenvalue weighted by molar-refractivity contribution is 0.255. The second-order valence-corrected chi connectivity index (χ2v) is 3.87. The third-order valence-electron chi connectivity index (χ3n) is 2.14. The zero-order valence-corrected chi connectivity index (χ0v) is 8.47. The zero-order chi connectivity index (χ0) is 9.42. The molecule has 0 aliphatic carbocycles. The van der Waals surface area contributed by atoms with Gasteiger partial charge >= 0.3 is 0 Å². The topological polar surface area (TPSA) is 35.2 Å². The van der Waals surface area contributed by atoms with Crippen molar-refractivity contribution in [3.8, 4) is 5.75 Å². The predicted octanol–water partition coefficient (Wildman–Crippen LogP) is 2.37. The molecule has 1 aromatic rings. The van der Waals surface area contributed by atoms with Crippen LogP contribution in [0, 0.1) is 5.82 Å². The lowest BCUT2D eigenvalue weighted by atomic mass is 10.0. The molecular weight excluding hydrogens is 237 g/mol. The quantitative estimate of drug-likeness (QED) is 0.762. The summed E-state index contributed by atoms with van der Waals surface area (Å²) < 4.78 is 19.3. The highest BCUT2D eigenvalue weighted by atomic mass is 79.9. The van der Waals surface area contributed by atoms with E-state index >= 15 is 0 Å². The summed E-state index contributed by atoms with van der Waals surface area (Å²) in [6.45, 7) is 0.488. The summed E-state index contributed by atoms with van der Waals surface area (Å²) in [6, 6.07) is 2.90. The standard InChI is InChI=1S/C9H9BrFNO/c10-5-1-2-6(11)9-8(5)7(12)3-4-13-9/h1-2,7H,3-4,12H2/t7-/m1/s1. The van der Waals surface area contributed by atoms with Crippen molar-refractivity contribution in [3.63, 3.8) is 0 Å². The van der Waals surface area contributed by atoms with Crippen molar-refractivity contribution in [2.45, 2.75) is 12.5 Å². The SMILES string of the molecule is N[C@@H]1CCOc2c(F)ccc(Br)c21. The molecule has 1 aliphatic heterocycles. The number of hydrogen-bond acceptors (Lipinski definition) is 2. The average Bonchev–Trinajstić information content (AvgIpc) is 2.12. The molecule has 1 heterocycles. The molecule has 1 aromatic carbocycles. The van der Waals surface area contributed by atoms with Gasteiger partial charge in [-0.25, -0.2) is 4.39 Å². The van der Waals surface area contributed by atoms with Gasteiger partial charge in [0.1, 0.15) is 0 Å². The summed E-state index contributed by atoms with van der Waals surface area (Å²) in [5.41, 5.74) is 6.58. The Hall–Kier alpha value is -0.610. The zero-order valence-electron chi connectivity index (χ0n) is 6.89. The molecule has 0 fully saturated rings. The summed E-state index contributed by atoms with van der Waals surface area (Å²) in [5, 5.41) is 0. The van der Waals surface area contributed by atoms with Crippen molar-refractivity contribution >= 4 is 15.9 Å². The molecule has 0 saturated heterocycles. The number of rotatable bonds is 0. The smallest absolute Gasteiger partial charge is 0.165 e. The lowest BCUT2D eigenvalue weighted by Crippen LogP contribution is -2.21. The number of hydrogen-bond donors (Lipinski definition) is 1. The number of benzene rings is 1. The van der Waals surface area contributed by atoms with Gasteiger partial charge in [0.25, 0.3) is 0 Å². The molecule has 0 amide bonds. The Kier molecular flexibility index (Phi) is 2.26. The van der Waals surface area contributed by atoms with Gasteiger partial charge in [-0.2, -0.15) is 0 Å². The van der Waals surface area contributed by atoms with E-state index in [0.29, 0.717) is 12.4 Å². The van der Waals surface area contributed by atoms with E-state index in [2.05, 4.69) is 15.9 Å². The van der Waals surface area contributed by atoms with Crippen LogP contribution in [-0.2, 0) is 0 Å². The van der Waals surface area contributed by atoms with E-state index in [9.17, 15) is 4.39 Å². The molecule has 13 heavy (non-hydrogen) atoms. The molecule has 0 radical (unpaired) electrons. The van der Waals surface area contributed by atoms with E-state index in [-0.39, 0.29) is 11.9 Å². The van der Waals surface area contributed by atoms with Gasteiger partial charge in [-0.05, 0) is 12.1 Å². The lowest BCUT2D eigenvalue weighted by Gasteiger charge is -2.24. The van der Waals surface area contributed by atoms with Gasteiger partial charge in [0.05, 0.1) is 6.61 Å². The molecule has 2 N–H and O–H groups in total. The normalized spacial score (nSPS) is 20.7. The van der Waals surface area contributed by atoms with Crippen molar-refractivity contribution in [1.29, 1.82) is 0 Å².